The average Bonchev–Trinajstić information content (AvgIpc) is 2.14. The molecular formula is C10H14N4O2S. The minimum Gasteiger partial charge on any atom is -0.398 e. The summed E-state index contributed by atoms with van der Waals surface area (Å²) < 4.78 is 28.6. The van der Waals surface area contributed by atoms with Gasteiger partial charge in [0.15, 0.2) is 0 Å². The number of hydrogen-bond donors (Lipinski definition) is 2. The van der Waals surface area contributed by atoms with E-state index in [4.69, 9.17) is 11.5 Å². The van der Waals surface area contributed by atoms with E-state index in [0.717, 1.165) is 0 Å². The number of rotatable bonds is 1. The highest BCUT2D eigenvalue weighted by Crippen LogP contribution is 2.33. The fourth-order valence-corrected chi connectivity index (χ4v) is 3.26. The smallest absolute Gasteiger partial charge is 0.346 e. The van der Waals surface area contributed by atoms with E-state index in [-0.39, 0.29) is 11.9 Å². The maximum Gasteiger partial charge on any atom is 0.346 e. The van der Waals surface area contributed by atoms with Crippen LogP contribution in [-0.2, 0) is 10.2 Å². The van der Waals surface area contributed by atoms with Gasteiger partial charge in [-0.15, -0.1) is 4.40 Å². The van der Waals surface area contributed by atoms with Crippen molar-refractivity contribution in [2.45, 2.75) is 19.9 Å². The van der Waals surface area contributed by atoms with Crippen molar-refractivity contribution in [1.82, 2.24) is 0 Å². The molecule has 0 aromatic heterocycles. The molecule has 1 heterocycles. The zero-order valence-corrected chi connectivity index (χ0v) is 10.4. The summed E-state index contributed by atoms with van der Waals surface area (Å²) in [6.45, 7) is 3.53. The number of anilines is 2. The van der Waals surface area contributed by atoms with Gasteiger partial charge in [0.1, 0.15) is 5.84 Å². The molecule has 0 atom stereocenters. The number of fused-ring (bicyclic) bond motifs is 1. The topological polar surface area (TPSA) is 102 Å². The van der Waals surface area contributed by atoms with Gasteiger partial charge in [0.2, 0.25) is 0 Å². The molecule has 0 aliphatic carbocycles. The molecule has 1 aromatic rings. The summed E-state index contributed by atoms with van der Waals surface area (Å²) in [5.74, 6) is -0.0602. The third-order valence-electron chi connectivity index (χ3n) is 2.50. The summed E-state index contributed by atoms with van der Waals surface area (Å²) in [5, 5.41) is 0. The Kier molecular flexibility index (Phi) is 2.50. The molecule has 0 amide bonds. The first-order valence-electron chi connectivity index (χ1n) is 5.13. The van der Waals surface area contributed by atoms with Crippen molar-refractivity contribution in [2.75, 3.05) is 10.0 Å². The van der Waals surface area contributed by atoms with Crippen LogP contribution in [0.4, 0.5) is 11.4 Å². The number of nitrogens with zero attached hydrogens (tertiary/aromatic N) is 2. The number of amidine groups is 1. The Morgan fingerprint density at radius 1 is 1.29 bits per heavy atom. The van der Waals surface area contributed by atoms with Crippen LogP contribution in [0.15, 0.2) is 22.6 Å². The molecule has 0 saturated heterocycles. The molecule has 92 valence electrons. The van der Waals surface area contributed by atoms with Crippen LogP contribution in [0.25, 0.3) is 0 Å². The second kappa shape index (κ2) is 3.63. The SMILES string of the molecule is CC(C)N1c2cccc(N)c2C(N)=NS1(=O)=O. The van der Waals surface area contributed by atoms with Gasteiger partial charge in [-0.3, -0.25) is 0 Å². The molecule has 1 aliphatic rings. The summed E-state index contributed by atoms with van der Waals surface area (Å²) in [5.41, 5.74) is 12.8. The minimum atomic E-state index is -3.76. The second-order valence-electron chi connectivity index (χ2n) is 4.09. The molecule has 2 rings (SSSR count). The van der Waals surface area contributed by atoms with Crippen LogP contribution in [0, 0.1) is 0 Å². The standard InChI is InChI=1S/C10H14N4O2S/c1-6(2)14-8-5-3-4-7(11)9(8)10(12)13-17(14,15)16/h3-6H,11H2,1-2H3,(H2,12,13). The Bertz CT molecular complexity index is 592. The monoisotopic (exact) mass is 254 g/mol. The third kappa shape index (κ3) is 1.72. The number of benzene rings is 1. The van der Waals surface area contributed by atoms with Crippen LogP contribution in [0.5, 0.6) is 0 Å². The largest absolute Gasteiger partial charge is 0.398 e. The van der Waals surface area contributed by atoms with Gasteiger partial charge in [-0.1, -0.05) is 6.07 Å². The van der Waals surface area contributed by atoms with Crippen molar-refractivity contribution in [3.05, 3.63) is 23.8 Å². The van der Waals surface area contributed by atoms with Gasteiger partial charge in [-0.05, 0) is 26.0 Å². The van der Waals surface area contributed by atoms with E-state index in [1.165, 1.54) is 4.31 Å². The van der Waals surface area contributed by atoms with E-state index in [0.29, 0.717) is 16.9 Å². The lowest BCUT2D eigenvalue weighted by molar-refractivity contribution is 0.585. The van der Waals surface area contributed by atoms with Crippen LogP contribution >= 0.6 is 0 Å². The highest BCUT2D eigenvalue weighted by atomic mass is 32.2. The summed E-state index contributed by atoms with van der Waals surface area (Å²) >= 11 is 0. The highest BCUT2D eigenvalue weighted by molar-refractivity contribution is 7.91. The van der Waals surface area contributed by atoms with Crippen LogP contribution in [0.3, 0.4) is 0 Å². The van der Waals surface area contributed by atoms with Gasteiger partial charge in [-0.25, -0.2) is 4.31 Å². The lowest BCUT2D eigenvalue weighted by atomic mass is 10.1. The minimum absolute atomic E-state index is 0.0602. The first-order chi connectivity index (χ1) is 7.84. The molecule has 0 spiro atoms. The van der Waals surface area contributed by atoms with Gasteiger partial charge in [0.05, 0.1) is 11.3 Å². The zero-order chi connectivity index (χ0) is 12.8. The predicted octanol–water partition coefficient (Wildman–Crippen LogP) is 0.447. The van der Waals surface area contributed by atoms with Crippen molar-refractivity contribution >= 4 is 27.4 Å². The van der Waals surface area contributed by atoms with Crippen molar-refractivity contribution in [1.29, 1.82) is 0 Å². The van der Waals surface area contributed by atoms with Crippen molar-refractivity contribution in [3.63, 3.8) is 0 Å². The van der Waals surface area contributed by atoms with Crippen LogP contribution in [0.2, 0.25) is 0 Å². The molecule has 0 bridgehead atoms. The number of nitrogen functional groups attached to an aromatic ring is 1. The second-order valence-corrected chi connectivity index (χ2v) is 5.56. The Morgan fingerprint density at radius 3 is 2.53 bits per heavy atom. The van der Waals surface area contributed by atoms with E-state index in [9.17, 15) is 8.42 Å². The maximum absolute atomic E-state index is 11.9. The van der Waals surface area contributed by atoms with Gasteiger partial charge in [-0.2, -0.15) is 8.42 Å². The van der Waals surface area contributed by atoms with Crippen molar-refractivity contribution < 1.29 is 8.42 Å². The third-order valence-corrected chi connectivity index (χ3v) is 4.04. The summed E-state index contributed by atoms with van der Waals surface area (Å²) in [6, 6.07) is 4.78. The van der Waals surface area contributed by atoms with E-state index < -0.39 is 10.2 Å². The fourth-order valence-electron chi connectivity index (χ4n) is 1.90. The molecule has 0 fully saturated rings. The Hall–Kier alpha value is -1.76. The summed E-state index contributed by atoms with van der Waals surface area (Å²) in [4.78, 5) is 0. The molecule has 1 aromatic carbocycles. The van der Waals surface area contributed by atoms with Crippen molar-refractivity contribution in [2.24, 2.45) is 10.1 Å². The van der Waals surface area contributed by atoms with Gasteiger partial charge < -0.3 is 11.5 Å². The fraction of sp³-hybridized carbons (Fsp3) is 0.300. The molecular weight excluding hydrogens is 240 g/mol. The molecule has 1 aliphatic heterocycles. The molecule has 7 heteroatoms. The molecule has 0 saturated carbocycles. The first-order valence-corrected chi connectivity index (χ1v) is 6.53. The van der Waals surface area contributed by atoms with Crippen LogP contribution in [0.1, 0.15) is 19.4 Å². The van der Waals surface area contributed by atoms with Gasteiger partial charge >= 0.3 is 10.2 Å². The Balaban J connectivity index is 2.79. The lowest BCUT2D eigenvalue weighted by Crippen LogP contribution is -2.41. The van der Waals surface area contributed by atoms with Gasteiger partial charge in [0.25, 0.3) is 0 Å². The van der Waals surface area contributed by atoms with E-state index in [2.05, 4.69) is 4.40 Å². The van der Waals surface area contributed by atoms with E-state index in [1.807, 2.05) is 0 Å². The summed E-state index contributed by atoms with van der Waals surface area (Å²) in [7, 11) is -3.76. The first kappa shape index (κ1) is 11.7. The zero-order valence-electron chi connectivity index (χ0n) is 9.58. The average molecular weight is 254 g/mol. The molecule has 6 nitrogen and oxygen atoms in total. The Morgan fingerprint density at radius 2 is 1.94 bits per heavy atom. The number of nitrogens with two attached hydrogens (primary N) is 2. The van der Waals surface area contributed by atoms with E-state index in [1.54, 1.807) is 32.0 Å². The van der Waals surface area contributed by atoms with Crippen molar-refractivity contribution in [3.8, 4) is 0 Å². The van der Waals surface area contributed by atoms with E-state index >= 15 is 0 Å². The molecule has 0 unspecified atom stereocenters. The maximum atomic E-state index is 11.9. The summed E-state index contributed by atoms with van der Waals surface area (Å²) in [6.07, 6.45) is 0. The number of hydrogen-bond acceptors (Lipinski definition) is 4. The molecule has 4 N–H and O–H groups in total. The highest BCUT2D eigenvalue weighted by Gasteiger charge is 2.33. The Labute approximate surface area is 100 Å². The van der Waals surface area contributed by atoms with Crippen LogP contribution in [-0.4, -0.2) is 20.3 Å². The molecule has 0 radical (unpaired) electrons. The lowest BCUT2D eigenvalue weighted by Gasteiger charge is -2.31. The van der Waals surface area contributed by atoms with Crippen LogP contribution < -0.4 is 15.8 Å². The quantitative estimate of drug-likeness (QED) is 0.710. The molecule has 17 heavy (non-hydrogen) atoms. The predicted molar refractivity (Wildman–Crippen MR) is 68.1 cm³/mol. The normalized spacial score (nSPS) is 17.8. The van der Waals surface area contributed by atoms with Gasteiger partial charge in [0, 0.05) is 11.7 Å².